The van der Waals surface area contributed by atoms with Crippen LogP contribution in [0.3, 0.4) is 0 Å². The first-order chi connectivity index (χ1) is 12.1. The third kappa shape index (κ3) is 2.84. The molecule has 1 unspecified atom stereocenters. The number of halogens is 1. The van der Waals surface area contributed by atoms with E-state index in [0.717, 1.165) is 19.3 Å². The zero-order valence-corrected chi connectivity index (χ0v) is 13.7. The van der Waals surface area contributed by atoms with Crippen molar-refractivity contribution in [2.24, 2.45) is 0 Å². The molecule has 0 spiro atoms. The Hall–Kier alpha value is -2.90. The van der Waals surface area contributed by atoms with Gasteiger partial charge in [-0.05, 0) is 32.3 Å². The minimum absolute atomic E-state index is 0.00663. The fourth-order valence-electron chi connectivity index (χ4n) is 3.26. The highest BCUT2D eigenvalue weighted by Crippen LogP contribution is 2.31. The van der Waals surface area contributed by atoms with Crippen LogP contribution in [-0.4, -0.2) is 42.5 Å². The van der Waals surface area contributed by atoms with E-state index in [1.807, 2.05) is 6.92 Å². The van der Waals surface area contributed by atoms with Gasteiger partial charge in [-0.3, -0.25) is 19.9 Å². The third-order valence-electron chi connectivity index (χ3n) is 4.46. The van der Waals surface area contributed by atoms with Gasteiger partial charge >= 0.3 is 0 Å². The molecule has 0 aliphatic carbocycles. The summed E-state index contributed by atoms with van der Waals surface area (Å²) >= 11 is 0. The molecule has 1 aromatic carbocycles. The maximum Gasteiger partial charge on any atom is 0.257 e. The maximum atomic E-state index is 14.5. The Morgan fingerprint density at radius 2 is 2.00 bits per heavy atom. The number of aryl methyl sites for hydroxylation is 1. The zero-order valence-electron chi connectivity index (χ0n) is 13.7. The number of fused-ring (bicyclic) bond motifs is 1. The average Bonchev–Trinajstić information content (AvgIpc) is 3.07. The number of aromatic amines is 1. The minimum Gasteiger partial charge on any atom is -0.328 e. The molecule has 7 nitrogen and oxygen atoms in total. The lowest BCUT2D eigenvalue weighted by molar-refractivity contribution is 0.0595. The minimum atomic E-state index is -0.589. The molecule has 2 aromatic heterocycles. The molecule has 1 fully saturated rings. The Balaban J connectivity index is 1.72. The molecule has 3 aromatic rings. The van der Waals surface area contributed by atoms with Crippen molar-refractivity contribution in [3.05, 3.63) is 47.6 Å². The SMILES string of the molecule is Cc1nc(C2CCCCN2C(=O)c2cc3nccnc3cc2F)n[nH]1. The summed E-state index contributed by atoms with van der Waals surface area (Å²) in [5.41, 5.74) is 0.929. The van der Waals surface area contributed by atoms with Gasteiger partial charge in [0.05, 0.1) is 22.6 Å². The number of hydrogen-bond donors (Lipinski definition) is 1. The number of nitrogens with zero attached hydrogens (tertiary/aromatic N) is 5. The standard InChI is InChI=1S/C17H17FN6O/c1-10-21-16(23-22-10)15-4-2-3-7-24(15)17(25)11-8-13-14(9-12(11)18)20-6-5-19-13/h5-6,8-9,15H,2-4,7H2,1H3,(H,21,22,23). The van der Waals surface area contributed by atoms with Gasteiger partial charge in [-0.1, -0.05) is 0 Å². The highest BCUT2D eigenvalue weighted by molar-refractivity contribution is 5.97. The van der Waals surface area contributed by atoms with E-state index in [-0.39, 0.29) is 17.5 Å². The number of hydrogen-bond acceptors (Lipinski definition) is 5. The lowest BCUT2D eigenvalue weighted by Crippen LogP contribution is -2.39. The second-order valence-corrected chi connectivity index (χ2v) is 6.17. The van der Waals surface area contributed by atoms with E-state index >= 15 is 0 Å². The molecule has 0 bridgehead atoms. The van der Waals surface area contributed by atoms with Crippen LogP contribution in [0, 0.1) is 12.7 Å². The first-order valence-electron chi connectivity index (χ1n) is 8.23. The predicted octanol–water partition coefficient (Wildman–Crippen LogP) is 2.56. The molecule has 3 heterocycles. The summed E-state index contributed by atoms with van der Waals surface area (Å²) in [6, 6.07) is 2.48. The predicted molar refractivity (Wildman–Crippen MR) is 88.2 cm³/mol. The van der Waals surface area contributed by atoms with Gasteiger partial charge < -0.3 is 4.90 Å². The van der Waals surface area contributed by atoms with Crippen LogP contribution in [0.15, 0.2) is 24.5 Å². The summed E-state index contributed by atoms with van der Waals surface area (Å²) in [5, 5.41) is 7.00. The number of H-pyrrole nitrogens is 1. The molecular weight excluding hydrogens is 323 g/mol. The van der Waals surface area contributed by atoms with Gasteiger partial charge in [0, 0.05) is 25.0 Å². The summed E-state index contributed by atoms with van der Waals surface area (Å²) < 4.78 is 14.5. The summed E-state index contributed by atoms with van der Waals surface area (Å²) in [4.78, 5) is 27.3. The first-order valence-corrected chi connectivity index (χ1v) is 8.23. The van der Waals surface area contributed by atoms with Crippen molar-refractivity contribution in [2.75, 3.05) is 6.54 Å². The molecule has 1 atom stereocenters. The number of amides is 1. The number of piperidine rings is 1. The second-order valence-electron chi connectivity index (χ2n) is 6.17. The summed E-state index contributed by atoms with van der Waals surface area (Å²) in [5.74, 6) is 0.317. The van der Waals surface area contributed by atoms with Crippen LogP contribution in [0.2, 0.25) is 0 Å². The van der Waals surface area contributed by atoms with Crippen molar-refractivity contribution in [1.29, 1.82) is 0 Å². The van der Waals surface area contributed by atoms with E-state index in [0.29, 0.717) is 29.2 Å². The van der Waals surface area contributed by atoms with E-state index in [9.17, 15) is 9.18 Å². The summed E-state index contributed by atoms with van der Waals surface area (Å²) in [7, 11) is 0. The van der Waals surface area contributed by atoms with Crippen LogP contribution >= 0.6 is 0 Å². The molecule has 0 saturated carbocycles. The van der Waals surface area contributed by atoms with Crippen LogP contribution in [0.25, 0.3) is 11.0 Å². The van der Waals surface area contributed by atoms with Crippen molar-refractivity contribution in [3.8, 4) is 0 Å². The van der Waals surface area contributed by atoms with Gasteiger partial charge in [0.15, 0.2) is 5.82 Å². The van der Waals surface area contributed by atoms with E-state index in [2.05, 4.69) is 25.1 Å². The molecular formula is C17H17FN6O. The molecule has 0 radical (unpaired) electrons. The molecule has 1 aliphatic rings. The van der Waals surface area contributed by atoms with Crippen LogP contribution in [0.1, 0.15) is 47.3 Å². The zero-order chi connectivity index (χ0) is 17.4. The number of carbonyl (C=O) groups excluding carboxylic acids is 1. The maximum absolute atomic E-state index is 14.5. The van der Waals surface area contributed by atoms with Gasteiger partial charge in [0.25, 0.3) is 5.91 Å². The van der Waals surface area contributed by atoms with E-state index in [1.165, 1.54) is 24.5 Å². The average molecular weight is 340 g/mol. The number of likely N-dealkylation sites (tertiary alicyclic amines) is 1. The normalized spacial score (nSPS) is 17.8. The van der Waals surface area contributed by atoms with Crippen molar-refractivity contribution in [2.45, 2.75) is 32.2 Å². The molecule has 1 amide bonds. The molecule has 8 heteroatoms. The molecule has 128 valence electrons. The van der Waals surface area contributed by atoms with Gasteiger partial charge in [-0.25, -0.2) is 9.37 Å². The number of carbonyl (C=O) groups is 1. The summed E-state index contributed by atoms with van der Waals surface area (Å²) in [6.07, 6.45) is 5.64. The van der Waals surface area contributed by atoms with Gasteiger partial charge in [-0.2, -0.15) is 5.10 Å². The number of aromatic nitrogens is 5. The van der Waals surface area contributed by atoms with Crippen LogP contribution in [0.5, 0.6) is 0 Å². The smallest absolute Gasteiger partial charge is 0.257 e. The van der Waals surface area contributed by atoms with Gasteiger partial charge in [0.2, 0.25) is 0 Å². The van der Waals surface area contributed by atoms with Crippen LogP contribution in [-0.2, 0) is 0 Å². The topological polar surface area (TPSA) is 87.7 Å². The van der Waals surface area contributed by atoms with Crippen LogP contribution < -0.4 is 0 Å². The molecule has 4 rings (SSSR count). The van der Waals surface area contributed by atoms with Crippen molar-refractivity contribution >= 4 is 16.9 Å². The van der Waals surface area contributed by atoms with Crippen LogP contribution in [0.4, 0.5) is 4.39 Å². The Kier molecular flexibility index (Phi) is 3.87. The summed E-state index contributed by atoms with van der Waals surface area (Å²) in [6.45, 7) is 2.36. The highest BCUT2D eigenvalue weighted by Gasteiger charge is 2.32. The fourth-order valence-corrected chi connectivity index (χ4v) is 3.26. The molecule has 1 saturated heterocycles. The quantitative estimate of drug-likeness (QED) is 0.774. The Bertz CT molecular complexity index is 940. The number of rotatable bonds is 2. The molecule has 1 aliphatic heterocycles. The monoisotopic (exact) mass is 340 g/mol. The molecule has 1 N–H and O–H groups in total. The first kappa shape index (κ1) is 15.6. The van der Waals surface area contributed by atoms with Crippen molar-refractivity contribution < 1.29 is 9.18 Å². The lowest BCUT2D eigenvalue weighted by atomic mass is 10.00. The highest BCUT2D eigenvalue weighted by atomic mass is 19.1. The number of nitrogens with one attached hydrogen (secondary N) is 1. The van der Waals surface area contributed by atoms with Gasteiger partial charge in [-0.15, -0.1) is 0 Å². The second kappa shape index (κ2) is 6.19. The van der Waals surface area contributed by atoms with Crippen molar-refractivity contribution in [3.63, 3.8) is 0 Å². The fraction of sp³-hybridized carbons (Fsp3) is 0.353. The van der Waals surface area contributed by atoms with Gasteiger partial charge in [0.1, 0.15) is 11.6 Å². The molecule has 25 heavy (non-hydrogen) atoms. The third-order valence-corrected chi connectivity index (χ3v) is 4.46. The van der Waals surface area contributed by atoms with E-state index in [4.69, 9.17) is 0 Å². The Morgan fingerprint density at radius 3 is 2.72 bits per heavy atom. The van der Waals surface area contributed by atoms with Crippen molar-refractivity contribution in [1.82, 2.24) is 30.0 Å². The van der Waals surface area contributed by atoms with E-state index < -0.39 is 5.82 Å². The van der Waals surface area contributed by atoms with E-state index in [1.54, 1.807) is 4.90 Å². The largest absolute Gasteiger partial charge is 0.328 e. The Labute approximate surface area is 143 Å². The Morgan fingerprint density at radius 1 is 1.24 bits per heavy atom. The number of benzene rings is 1. The lowest BCUT2D eigenvalue weighted by Gasteiger charge is -2.34.